The van der Waals surface area contributed by atoms with Crippen LogP contribution in [-0.4, -0.2) is 30.6 Å². The van der Waals surface area contributed by atoms with Gasteiger partial charge >= 0.3 is 0 Å². The van der Waals surface area contributed by atoms with Gasteiger partial charge in [0.2, 0.25) is 5.78 Å². The predicted octanol–water partition coefficient (Wildman–Crippen LogP) is 1.48. The van der Waals surface area contributed by atoms with E-state index in [-0.39, 0.29) is 16.6 Å². The van der Waals surface area contributed by atoms with Crippen LogP contribution in [0.1, 0.15) is 19.3 Å². The molecule has 0 saturated carbocycles. The van der Waals surface area contributed by atoms with Crippen LogP contribution in [-0.2, 0) is 19.1 Å². The summed E-state index contributed by atoms with van der Waals surface area (Å²) in [6, 6.07) is 0. The first kappa shape index (κ1) is 11.1. The van der Waals surface area contributed by atoms with Gasteiger partial charge in [-0.15, -0.1) is 0 Å². The first-order valence-electron chi connectivity index (χ1n) is 5.57. The lowest BCUT2D eigenvalue weighted by Crippen LogP contribution is -2.37. The molecule has 0 atom stereocenters. The van der Waals surface area contributed by atoms with E-state index in [1.54, 1.807) is 0 Å². The molecule has 0 bridgehead atoms. The molecule has 0 aromatic carbocycles. The number of Topliss-reactive ketones (excluding diaryl/α,β-unsaturated/α-hetero) is 1. The average molecular weight is 255 g/mol. The van der Waals surface area contributed by atoms with Crippen molar-refractivity contribution in [2.24, 2.45) is 0 Å². The standard InChI is InChI=1S/C12H11ClO4/c13-9-5-10(14)8-6-12(16-3-4-17-12)2-1-7(8)11(9)15/h5H,1-4,6H2. The molecule has 0 unspecified atom stereocenters. The minimum Gasteiger partial charge on any atom is -0.347 e. The summed E-state index contributed by atoms with van der Waals surface area (Å²) >= 11 is 5.73. The topological polar surface area (TPSA) is 52.6 Å². The third-order valence-electron chi connectivity index (χ3n) is 3.43. The van der Waals surface area contributed by atoms with E-state index in [1.807, 2.05) is 0 Å². The maximum absolute atomic E-state index is 11.8. The number of hydrogen-bond acceptors (Lipinski definition) is 4. The molecular weight excluding hydrogens is 244 g/mol. The van der Waals surface area contributed by atoms with Gasteiger partial charge in [0.05, 0.1) is 18.2 Å². The normalized spacial score (nSPS) is 27.5. The van der Waals surface area contributed by atoms with Crippen LogP contribution in [0.3, 0.4) is 0 Å². The smallest absolute Gasteiger partial charge is 0.200 e. The highest BCUT2D eigenvalue weighted by atomic mass is 35.5. The largest absolute Gasteiger partial charge is 0.347 e. The van der Waals surface area contributed by atoms with Gasteiger partial charge in [0.25, 0.3) is 0 Å². The van der Waals surface area contributed by atoms with Crippen molar-refractivity contribution in [1.82, 2.24) is 0 Å². The third kappa shape index (κ3) is 1.68. The summed E-state index contributed by atoms with van der Waals surface area (Å²) in [6.45, 7) is 1.09. The summed E-state index contributed by atoms with van der Waals surface area (Å²) in [5, 5.41) is 0.0120. The molecular formula is C12H11ClO4. The number of allylic oxidation sites excluding steroid dienone is 3. The number of carbonyl (C=O) groups excluding carboxylic acids is 2. The molecule has 1 fully saturated rings. The molecule has 4 nitrogen and oxygen atoms in total. The molecule has 1 heterocycles. The Labute approximate surface area is 103 Å². The van der Waals surface area contributed by atoms with Gasteiger partial charge in [-0.2, -0.15) is 0 Å². The van der Waals surface area contributed by atoms with Crippen LogP contribution in [0, 0.1) is 0 Å². The van der Waals surface area contributed by atoms with Gasteiger partial charge < -0.3 is 9.47 Å². The van der Waals surface area contributed by atoms with Gasteiger partial charge in [-0.1, -0.05) is 11.6 Å². The van der Waals surface area contributed by atoms with E-state index in [4.69, 9.17) is 21.1 Å². The lowest BCUT2D eigenvalue weighted by Gasteiger charge is -2.34. The lowest BCUT2D eigenvalue weighted by molar-refractivity contribution is -0.165. The summed E-state index contributed by atoms with van der Waals surface area (Å²) < 4.78 is 11.1. The fourth-order valence-electron chi connectivity index (χ4n) is 2.57. The van der Waals surface area contributed by atoms with E-state index in [0.29, 0.717) is 43.6 Å². The molecule has 90 valence electrons. The molecule has 0 amide bonds. The Bertz CT molecular complexity index is 469. The van der Waals surface area contributed by atoms with Crippen LogP contribution in [0.4, 0.5) is 0 Å². The molecule has 0 aromatic rings. The van der Waals surface area contributed by atoms with Crippen LogP contribution in [0.2, 0.25) is 0 Å². The summed E-state index contributed by atoms with van der Waals surface area (Å²) in [4.78, 5) is 23.7. The number of ketones is 2. The quantitative estimate of drug-likeness (QED) is 0.615. The zero-order valence-electron chi connectivity index (χ0n) is 9.12. The highest BCUT2D eigenvalue weighted by Crippen LogP contribution is 2.41. The zero-order valence-corrected chi connectivity index (χ0v) is 9.88. The Kier molecular flexibility index (Phi) is 2.47. The first-order chi connectivity index (χ1) is 8.11. The summed E-state index contributed by atoms with van der Waals surface area (Å²) in [6.07, 6.45) is 2.64. The fraction of sp³-hybridized carbons (Fsp3) is 0.500. The monoisotopic (exact) mass is 254 g/mol. The van der Waals surface area contributed by atoms with Crippen molar-refractivity contribution in [2.45, 2.75) is 25.0 Å². The molecule has 2 aliphatic carbocycles. The molecule has 1 spiro atoms. The van der Waals surface area contributed by atoms with Gasteiger partial charge in [-0.05, 0) is 6.42 Å². The average Bonchev–Trinajstić information content (AvgIpc) is 2.75. The number of rotatable bonds is 0. The molecule has 1 aliphatic heterocycles. The van der Waals surface area contributed by atoms with Crippen molar-refractivity contribution in [1.29, 1.82) is 0 Å². The Morgan fingerprint density at radius 1 is 1.18 bits per heavy atom. The molecule has 3 rings (SSSR count). The second kappa shape index (κ2) is 3.77. The maximum Gasteiger partial charge on any atom is 0.200 e. The number of carbonyl (C=O) groups is 2. The molecule has 1 saturated heterocycles. The van der Waals surface area contributed by atoms with E-state index >= 15 is 0 Å². The second-order valence-electron chi connectivity index (χ2n) is 4.43. The van der Waals surface area contributed by atoms with E-state index in [1.165, 1.54) is 6.08 Å². The fourth-order valence-corrected chi connectivity index (χ4v) is 2.79. The van der Waals surface area contributed by atoms with E-state index in [0.717, 1.165) is 0 Å². The number of ether oxygens (including phenoxy) is 2. The Hall–Kier alpha value is -0.970. The van der Waals surface area contributed by atoms with Crippen LogP contribution >= 0.6 is 11.6 Å². The second-order valence-corrected chi connectivity index (χ2v) is 4.83. The van der Waals surface area contributed by atoms with Crippen molar-refractivity contribution in [3.63, 3.8) is 0 Å². The van der Waals surface area contributed by atoms with Crippen LogP contribution in [0.25, 0.3) is 0 Å². The van der Waals surface area contributed by atoms with Gasteiger partial charge in [0.1, 0.15) is 0 Å². The maximum atomic E-state index is 11.8. The van der Waals surface area contributed by atoms with Crippen molar-refractivity contribution in [3.8, 4) is 0 Å². The third-order valence-corrected chi connectivity index (χ3v) is 3.71. The van der Waals surface area contributed by atoms with E-state index in [2.05, 4.69) is 0 Å². The highest BCUT2D eigenvalue weighted by molar-refractivity contribution is 6.48. The predicted molar refractivity (Wildman–Crippen MR) is 59.5 cm³/mol. The van der Waals surface area contributed by atoms with Gasteiger partial charge in [-0.3, -0.25) is 9.59 Å². The Morgan fingerprint density at radius 2 is 1.88 bits per heavy atom. The Balaban J connectivity index is 1.96. The van der Waals surface area contributed by atoms with Crippen molar-refractivity contribution >= 4 is 23.2 Å². The first-order valence-corrected chi connectivity index (χ1v) is 5.95. The molecule has 0 N–H and O–H groups in total. The molecule has 5 heteroatoms. The molecule has 0 radical (unpaired) electrons. The van der Waals surface area contributed by atoms with Crippen LogP contribution in [0.15, 0.2) is 22.3 Å². The number of halogens is 1. The Morgan fingerprint density at radius 3 is 2.59 bits per heavy atom. The summed E-state index contributed by atoms with van der Waals surface area (Å²) in [7, 11) is 0. The molecule has 0 aromatic heterocycles. The summed E-state index contributed by atoms with van der Waals surface area (Å²) in [5.74, 6) is -1.11. The van der Waals surface area contributed by atoms with Gasteiger partial charge in [0.15, 0.2) is 11.6 Å². The van der Waals surface area contributed by atoms with Gasteiger partial charge in [0, 0.05) is 30.1 Å². The molecule has 17 heavy (non-hydrogen) atoms. The number of hydrogen-bond donors (Lipinski definition) is 0. The minimum absolute atomic E-state index is 0.0120. The minimum atomic E-state index is -0.688. The zero-order chi connectivity index (χ0) is 12.0. The lowest BCUT2D eigenvalue weighted by atomic mass is 9.80. The van der Waals surface area contributed by atoms with Crippen molar-refractivity contribution in [3.05, 3.63) is 22.3 Å². The molecule has 3 aliphatic rings. The van der Waals surface area contributed by atoms with E-state index in [9.17, 15) is 9.59 Å². The van der Waals surface area contributed by atoms with Crippen molar-refractivity contribution < 1.29 is 19.1 Å². The summed E-state index contributed by atoms with van der Waals surface area (Å²) in [5.41, 5.74) is 1.04. The van der Waals surface area contributed by atoms with Crippen LogP contribution < -0.4 is 0 Å². The highest BCUT2D eigenvalue weighted by Gasteiger charge is 2.44. The SMILES string of the molecule is O=C1C=C(Cl)C(=O)C2=C1CC1(CC2)OCCO1. The van der Waals surface area contributed by atoms with Crippen molar-refractivity contribution in [2.75, 3.05) is 13.2 Å². The van der Waals surface area contributed by atoms with Gasteiger partial charge in [-0.25, -0.2) is 0 Å². The van der Waals surface area contributed by atoms with E-state index < -0.39 is 5.79 Å². The van der Waals surface area contributed by atoms with Crippen LogP contribution in [0.5, 0.6) is 0 Å².